The Kier molecular flexibility index (Phi) is 4.48. The predicted octanol–water partition coefficient (Wildman–Crippen LogP) is 3.46. The lowest BCUT2D eigenvalue weighted by Gasteiger charge is -2.49. The van der Waals surface area contributed by atoms with Crippen molar-refractivity contribution in [2.24, 2.45) is 0 Å². The Balaban J connectivity index is 1.60. The quantitative estimate of drug-likeness (QED) is 0.782. The van der Waals surface area contributed by atoms with Gasteiger partial charge in [0.25, 0.3) is 0 Å². The molecule has 25 heavy (non-hydrogen) atoms. The van der Waals surface area contributed by atoms with E-state index in [9.17, 15) is 4.79 Å². The van der Waals surface area contributed by atoms with E-state index in [2.05, 4.69) is 52.8 Å². The van der Waals surface area contributed by atoms with Crippen molar-refractivity contribution in [3.8, 4) is 0 Å². The Labute approximate surface area is 151 Å². The van der Waals surface area contributed by atoms with Crippen LogP contribution in [-0.2, 0) is 12.0 Å². The zero-order chi connectivity index (χ0) is 17.4. The molecule has 4 rings (SSSR count). The zero-order valence-electron chi connectivity index (χ0n) is 15.7. The summed E-state index contributed by atoms with van der Waals surface area (Å²) in [5, 5.41) is 0. The Bertz CT molecular complexity index is 628. The Morgan fingerprint density at radius 2 is 1.68 bits per heavy atom. The van der Waals surface area contributed by atoms with E-state index in [0.717, 1.165) is 65.0 Å². The number of fused-ring (bicyclic) bond motifs is 2. The Morgan fingerprint density at radius 3 is 2.36 bits per heavy atom. The molecule has 3 aliphatic heterocycles. The number of amides is 2. The summed E-state index contributed by atoms with van der Waals surface area (Å²) in [6.07, 6.45) is 4.63. The van der Waals surface area contributed by atoms with E-state index in [0.29, 0.717) is 6.04 Å². The molecule has 1 aromatic rings. The lowest BCUT2D eigenvalue weighted by atomic mass is 9.68. The van der Waals surface area contributed by atoms with Crippen molar-refractivity contribution < 1.29 is 4.79 Å². The van der Waals surface area contributed by atoms with E-state index in [1.54, 1.807) is 0 Å². The Morgan fingerprint density at radius 1 is 1.00 bits per heavy atom. The number of urea groups is 1. The molecule has 136 valence electrons. The van der Waals surface area contributed by atoms with Crippen LogP contribution in [0.3, 0.4) is 0 Å². The highest BCUT2D eigenvalue weighted by molar-refractivity contribution is 5.75. The summed E-state index contributed by atoms with van der Waals surface area (Å²) in [5.41, 5.74) is 3.01. The predicted molar refractivity (Wildman–Crippen MR) is 101 cm³/mol. The normalized spacial score (nSPS) is 23.3. The van der Waals surface area contributed by atoms with Gasteiger partial charge >= 0.3 is 6.03 Å². The summed E-state index contributed by atoms with van der Waals surface area (Å²) in [4.78, 5) is 19.8. The van der Waals surface area contributed by atoms with Crippen LogP contribution < -0.4 is 0 Å². The molecule has 4 nitrogen and oxygen atoms in total. The average Bonchev–Trinajstić information content (AvgIpc) is 3.16. The molecular formula is C21H31N3O. The van der Waals surface area contributed by atoms with Gasteiger partial charge in [0, 0.05) is 37.6 Å². The number of carbonyl (C=O) groups is 1. The third kappa shape index (κ3) is 3.05. The van der Waals surface area contributed by atoms with E-state index >= 15 is 0 Å². The van der Waals surface area contributed by atoms with Crippen LogP contribution in [0, 0.1) is 0 Å². The van der Waals surface area contributed by atoms with Crippen LogP contribution in [-0.4, -0.2) is 59.5 Å². The molecule has 0 atom stereocenters. The van der Waals surface area contributed by atoms with Gasteiger partial charge in [0.05, 0.1) is 0 Å². The molecule has 3 heterocycles. The van der Waals surface area contributed by atoms with Crippen molar-refractivity contribution >= 4 is 6.03 Å². The van der Waals surface area contributed by atoms with E-state index in [1.165, 1.54) is 11.1 Å². The van der Waals surface area contributed by atoms with Gasteiger partial charge in [-0.25, -0.2) is 4.79 Å². The van der Waals surface area contributed by atoms with Gasteiger partial charge in [-0.15, -0.1) is 0 Å². The van der Waals surface area contributed by atoms with Crippen LogP contribution in [0.25, 0.3) is 0 Å². The Hall–Kier alpha value is -1.55. The maximum Gasteiger partial charge on any atom is 0.320 e. The SMILES string of the molecule is CC(C)N1CCC2(CC1)CN(C(=O)N1CCCC1)Cc1ccccc12. The molecule has 2 fully saturated rings. The first-order chi connectivity index (χ1) is 12.1. The fourth-order valence-electron chi connectivity index (χ4n) is 5.03. The van der Waals surface area contributed by atoms with Crippen molar-refractivity contribution in [3.05, 3.63) is 35.4 Å². The first-order valence-electron chi connectivity index (χ1n) is 9.95. The third-order valence-corrected chi connectivity index (χ3v) is 6.58. The maximum atomic E-state index is 13.1. The van der Waals surface area contributed by atoms with Crippen molar-refractivity contribution in [1.82, 2.24) is 14.7 Å². The molecule has 0 radical (unpaired) electrons. The molecule has 0 bridgehead atoms. The van der Waals surface area contributed by atoms with Crippen LogP contribution in [0.2, 0.25) is 0 Å². The van der Waals surface area contributed by atoms with E-state index in [4.69, 9.17) is 0 Å². The van der Waals surface area contributed by atoms with Crippen LogP contribution in [0.5, 0.6) is 0 Å². The fourth-order valence-corrected chi connectivity index (χ4v) is 5.03. The molecule has 2 saturated heterocycles. The van der Waals surface area contributed by atoms with E-state index < -0.39 is 0 Å². The highest BCUT2D eigenvalue weighted by Gasteiger charge is 2.44. The molecule has 0 saturated carbocycles. The van der Waals surface area contributed by atoms with Gasteiger partial charge in [-0.1, -0.05) is 24.3 Å². The summed E-state index contributed by atoms with van der Waals surface area (Å²) in [6.45, 7) is 10.4. The van der Waals surface area contributed by atoms with E-state index in [1.807, 2.05) is 0 Å². The lowest BCUT2D eigenvalue weighted by molar-refractivity contribution is 0.0837. The van der Waals surface area contributed by atoms with Crippen LogP contribution >= 0.6 is 0 Å². The topological polar surface area (TPSA) is 26.8 Å². The summed E-state index contributed by atoms with van der Waals surface area (Å²) in [7, 11) is 0. The molecular weight excluding hydrogens is 310 g/mol. The molecule has 0 aromatic heterocycles. The summed E-state index contributed by atoms with van der Waals surface area (Å²) < 4.78 is 0. The van der Waals surface area contributed by atoms with Gasteiger partial charge in [0.2, 0.25) is 0 Å². The van der Waals surface area contributed by atoms with Gasteiger partial charge in [0.1, 0.15) is 0 Å². The highest BCUT2D eigenvalue weighted by atomic mass is 16.2. The molecule has 0 unspecified atom stereocenters. The number of benzene rings is 1. The molecule has 0 aliphatic carbocycles. The number of rotatable bonds is 1. The zero-order valence-corrected chi connectivity index (χ0v) is 15.7. The standard InChI is InChI=1S/C21H31N3O/c1-17(2)22-13-9-21(10-14-22)16-24(20(25)23-11-5-6-12-23)15-18-7-3-4-8-19(18)21/h3-4,7-8,17H,5-6,9-16H2,1-2H3. The summed E-state index contributed by atoms with van der Waals surface area (Å²) >= 11 is 0. The van der Waals surface area contributed by atoms with Crippen molar-refractivity contribution in [3.63, 3.8) is 0 Å². The number of nitrogens with zero attached hydrogens (tertiary/aromatic N) is 3. The minimum Gasteiger partial charge on any atom is -0.325 e. The van der Waals surface area contributed by atoms with Crippen LogP contribution in [0.1, 0.15) is 50.7 Å². The summed E-state index contributed by atoms with van der Waals surface area (Å²) in [6, 6.07) is 9.72. The number of piperidine rings is 1. The maximum absolute atomic E-state index is 13.1. The molecule has 4 heteroatoms. The smallest absolute Gasteiger partial charge is 0.320 e. The minimum atomic E-state index is 0.148. The van der Waals surface area contributed by atoms with Crippen LogP contribution in [0.4, 0.5) is 4.79 Å². The fraction of sp³-hybridized carbons (Fsp3) is 0.667. The molecule has 0 N–H and O–H groups in total. The number of hydrogen-bond acceptors (Lipinski definition) is 2. The van der Waals surface area contributed by atoms with Gasteiger partial charge in [-0.05, 0) is 63.7 Å². The first-order valence-corrected chi connectivity index (χ1v) is 9.95. The second-order valence-corrected chi connectivity index (χ2v) is 8.40. The average molecular weight is 341 g/mol. The largest absolute Gasteiger partial charge is 0.325 e. The van der Waals surface area contributed by atoms with Crippen molar-refractivity contribution in [2.45, 2.75) is 57.5 Å². The minimum absolute atomic E-state index is 0.148. The van der Waals surface area contributed by atoms with Gasteiger partial charge < -0.3 is 14.7 Å². The van der Waals surface area contributed by atoms with Crippen LogP contribution in [0.15, 0.2) is 24.3 Å². The number of hydrogen-bond donors (Lipinski definition) is 0. The lowest BCUT2D eigenvalue weighted by Crippen LogP contribution is -2.55. The van der Waals surface area contributed by atoms with Gasteiger partial charge in [0.15, 0.2) is 0 Å². The third-order valence-electron chi connectivity index (χ3n) is 6.58. The molecule has 1 spiro atoms. The van der Waals surface area contributed by atoms with Gasteiger partial charge in [-0.3, -0.25) is 0 Å². The first kappa shape index (κ1) is 16.9. The van der Waals surface area contributed by atoms with Crippen molar-refractivity contribution in [2.75, 3.05) is 32.7 Å². The molecule has 2 amide bonds. The highest BCUT2D eigenvalue weighted by Crippen LogP contribution is 2.42. The second kappa shape index (κ2) is 6.64. The summed E-state index contributed by atoms with van der Waals surface area (Å²) in [5.74, 6) is 0. The molecule has 3 aliphatic rings. The monoisotopic (exact) mass is 341 g/mol. The van der Waals surface area contributed by atoms with Gasteiger partial charge in [-0.2, -0.15) is 0 Å². The number of carbonyl (C=O) groups excluding carboxylic acids is 1. The molecule has 1 aromatic carbocycles. The second-order valence-electron chi connectivity index (χ2n) is 8.40. The van der Waals surface area contributed by atoms with E-state index in [-0.39, 0.29) is 11.4 Å². The number of likely N-dealkylation sites (tertiary alicyclic amines) is 2. The van der Waals surface area contributed by atoms with Crippen molar-refractivity contribution in [1.29, 1.82) is 0 Å².